The van der Waals surface area contributed by atoms with Crippen molar-refractivity contribution in [3.63, 3.8) is 0 Å². The fourth-order valence-electron chi connectivity index (χ4n) is 5.71. The summed E-state index contributed by atoms with van der Waals surface area (Å²) in [6.07, 6.45) is 21.1. The predicted molar refractivity (Wildman–Crippen MR) is 247 cm³/mol. The zero-order chi connectivity index (χ0) is 43.5. The Bertz CT molecular complexity index is 2790. The number of hydrogen-bond acceptors (Lipinski definition) is 9. The van der Waals surface area contributed by atoms with Gasteiger partial charge in [-0.05, 0) is 147 Å². The van der Waals surface area contributed by atoms with Crippen LogP contribution in [0.1, 0.15) is 50.1 Å². The van der Waals surface area contributed by atoms with Gasteiger partial charge in [-0.2, -0.15) is 0 Å². The molecule has 0 spiro atoms. The molecule has 0 saturated heterocycles. The smallest absolute Gasteiger partial charge is 0.0898 e. The van der Waals surface area contributed by atoms with Crippen LogP contribution in [-0.2, 0) is 19.5 Å². The van der Waals surface area contributed by atoms with Crippen molar-refractivity contribution in [2.75, 3.05) is 0 Å². The van der Waals surface area contributed by atoms with Crippen LogP contribution in [0.5, 0.6) is 0 Å². The second-order valence-electron chi connectivity index (χ2n) is 13.9. The Hall–Kier alpha value is -8.35. The van der Waals surface area contributed by atoms with Crippen LogP contribution in [0.3, 0.4) is 0 Å². The van der Waals surface area contributed by atoms with Crippen LogP contribution in [0.15, 0.2) is 184 Å². The SMILES string of the molecule is Cc1ccnc(-c2cc(C#Cc3ccncc3)ccn2)c1.Cc1ccnc(-c2cc(C#Cc3ccncc3)ccn2)c1.Cc1ccnc(-c2cc(C#Cc3ccncc3)ccn2)c1.[Ru]. The van der Waals surface area contributed by atoms with E-state index in [4.69, 9.17) is 0 Å². The Morgan fingerprint density at radius 2 is 0.453 bits per heavy atom. The van der Waals surface area contributed by atoms with Crippen molar-refractivity contribution >= 4 is 0 Å². The maximum absolute atomic E-state index is 4.37. The van der Waals surface area contributed by atoms with Crippen molar-refractivity contribution in [3.8, 4) is 69.7 Å². The summed E-state index contributed by atoms with van der Waals surface area (Å²) in [5, 5.41) is 0. The van der Waals surface area contributed by atoms with Crippen molar-refractivity contribution < 1.29 is 19.5 Å². The van der Waals surface area contributed by atoms with Gasteiger partial charge in [0, 0.05) is 127 Å². The summed E-state index contributed by atoms with van der Waals surface area (Å²) in [5.41, 5.74) is 14.2. The fraction of sp³-hybridized carbons (Fsp3) is 0.0556. The van der Waals surface area contributed by atoms with Gasteiger partial charge in [-0.15, -0.1) is 0 Å². The molecule has 64 heavy (non-hydrogen) atoms. The van der Waals surface area contributed by atoms with E-state index in [1.807, 2.05) is 130 Å². The zero-order valence-corrected chi connectivity index (χ0v) is 36.9. The summed E-state index contributed by atoms with van der Waals surface area (Å²) in [5.74, 6) is 18.8. The molecule has 9 aromatic heterocycles. The van der Waals surface area contributed by atoms with Crippen LogP contribution in [0, 0.1) is 56.3 Å². The molecule has 308 valence electrons. The number of hydrogen-bond donors (Lipinski definition) is 0. The van der Waals surface area contributed by atoms with E-state index < -0.39 is 0 Å². The molecule has 0 atom stereocenters. The second kappa shape index (κ2) is 23.6. The number of rotatable bonds is 3. The van der Waals surface area contributed by atoms with Crippen LogP contribution in [0.25, 0.3) is 34.2 Å². The van der Waals surface area contributed by atoms with E-state index in [0.29, 0.717) is 0 Å². The molecule has 9 heterocycles. The van der Waals surface area contributed by atoms with Gasteiger partial charge in [-0.1, -0.05) is 35.5 Å². The first kappa shape index (κ1) is 45.2. The molecule has 0 aliphatic carbocycles. The van der Waals surface area contributed by atoms with Gasteiger partial charge in [0.15, 0.2) is 0 Å². The molecular formula is C54H39N9Ru. The number of aryl methyl sites for hydroxylation is 3. The van der Waals surface area contributed by atoms with E-state index >= 15 is 0 Å². The normalized spacial score (nSPS) is 9.61. The topological polar surface area (TPSA) is 116 Å². The van der Waals surface area contributed by atoms with Gasteiger partial charge in [0.25, 0.3) is 0 Å². The third kappa shape index (κ3) is 14.1. The monoisotopic (exact) mass is 915 g/mol. The summed E-state index contributed by atoms with van der Waals surface area (Å²) in [6, 6.07) is 34.8. The fourth-order valence-corrected chi connectivity index (χ4v) is 5.71. The summed E-state index contributed by atoms with van der Waals surface area (Å²) in [7, 11) is 0. The second-order valence-corrected chi connectivity index (χ2v) is 13.9. The maximum atomic E-state index is 4.37. The molecule has 0 aliphatic heterocycles. The van der Waals surface area contributed by atoms with Crippen molar-refractivity contribution in [3.05, 3.63) is 234 Å². The van der Waals surface area contributed by atoms with Gasteiger partial charge in [0.1, 0.15) is 0 Å². The molecule has 0 aromatic carbocycles. The van der Waals surface area contributed by atoms with Crippen LogP contribution in [0.4, 0.5) is 0 Å². The van der Waals surface area contributed by atoms with E-state index in [0.717, 1.165) is 84.2 Å². The van der Waals surface area contributed by atoms with Crippen molar-refractivity contribution in [2.45, 2.75) is 20.8 Å². The average Bonchev–Trinajstić information content (AvgIpc) is 3.34. The van der Waals surface area contributed by atoms with E-state index in [9.17, 15) is 0 Å². The van der Waals surface area contributed by atoms with Gasteiger partial charge < -0.3 is 0 Å². The van der Waals surface area contributed by atoms with E-state index in [2.05, 4.69) is 80.4 Å². The summed E-state index contributed by atoms with van der Waals surface area (Å²) >= 11 is 0. The average molecular weight is 915 g/mol. The molecule has 9 nitrogen and oxygen atoms in total. The largest absolute Gasteiger partial charge is 0.265 e. The first-order valence-corrected chi connectivity index (χ1v) is 19.9. The minimum Gasteiger partial charge on any atom is -0.265 e. The van der Waals surface area contributed by atoms with Crippen LogP contribution in [-0.4, -0.2) is 44.9 Å². The maximum Gasteiger partial charge on any atom is 0.0898 e. The molecule has 0 aliphatic rings. The first-order valence-electron chi connectivity index (χ1n) is 19.9. The molecule has 0 saturated carbocycles. The molecule has 9 aromatic rings. The Kier molecular flexibility index (Phi) is 16.7. The molecule has 0 bridgehead atoms. The van der Waals surface area contributed by atoms with Crippen LogP contribution >= 0.6 is 0 Å². The van der Waals surface area contributed by atoms with Crippen molar-refractivity contribution in [2.24, 2.45) is 0 Å². The van der Waals surface area contributed by atoms with E-state index in [-0.39, 0.29) is 19.5 Å². The van der Waals surface area contributed by atoms with Gasteiger partial charge in [-0.25, -0.2) is 0 Å². The number of nitrogens with zero attached hydrogens (tertiary/aromatic N) is 9. The van der Waals surface area contributed by atoms with Gasteiger partial charge in [0.05, 0.1) is 34.2 Å². The first-order chi connectivity index (χ1) is 30.9. The number of aromatic nitrogens is 9. The summed E-state index contributed by atoms with van der Waals surface area (Å²) in [4.78, 5) is 38.1. The Balaban J connectivity index is 0.000000158. The summed E-state index contributed by atoms with van der Waals surface area (Å²) < 4.78 is 0. The molecule has 9 rings (SSSR count). The van der Waals surface area contributed by atoms with Crippen LogP contribution in [0.2, 0.25) is 0 Å². The quantitative estimate of drug-likeness (QED) is 0.126. The standard InChI is InChI=1S/3C18H13N3.Ru/c3*1-14-4-10-20-17(12-14)18-13-16(7-11-21-18)3-2-15-5-8-19-9-6-15;/h3*4-13H,1H3;. The van der Waals surface area contributed by atoms with Crippen molar-refractivity contribution in [1.29, 1.82) is 0 Å². The Morgan fingerprint density at radius 1 is 0.250 bits per heavy atom. The van der Waals surface area contributed by atoms with Gasteiger partial charge >= 0.3 is 0 Å². The van der Waals surface area contributed by atoms with E-state index in [1.165, 1.54) is 0 Å². The van der Waals surface area contributed by atoms with Crippen LogP contribution < -0.4 is 0 Å². The zero-order valence-electron chi connectivity index (χ0n) is 35.2. The van der Waals surface area contributed by atoms with Gasteiger partial charge in [-0.3, -0.25) is 44.9 Å². The Morgan fingerprint density at radius 3 is 0.703 bits per heavy atom. The minimum absolute atomic E-state index is 0. The Labute approximate surface area is 386 Å². The molecule has 0 unspecified atom stereocenters. The summed E-state index contributed by atoms with van der Waals surface area (Å²) in [6.45, 7) is 6.12. The molecule has 0 N–H and O–H groups in total. The molecule has 0 amide bonds. The van der Waals surface area contributed by atoms with Gasteiger partial charge in [0.2, 0.25) is 0 Å². The third-order valence-corrected chi connectivity index (χ3v) is 8.91. The molecule has 0 fully saturated rings. The van der Waals surface area contributed by atoms with E-state index in [1.54, 1.807) is 74.4 Å². The number of pyridine rings is 9. The third-order valence-electron chi connectivity index (χ3n) is 8.91. The molecule has 10 heteroatoms. The van der Waals surface area contributed by atoms with Crippen molar-refractivity contribution in [1.82, 2.24) is 44.9 Å². The predicted octanol–water partition coefficient (Wildman–Crippen LogP) is 9.74. The minimum atomic E-state index is 0. The molecule has 0 radical (unpaired) electrons. The molecular weight excluding hydrogens is 876 g/mol.